The van der Waals surface area contributed by atoms with Crippen LogP contribution in [0.15, 0.2) is 42.9 Å². The number of aliphatic hydroxyl groups excluding tert-OH is 2. The molecule has 1 aromatic carbocycles. The number of carbonyl (C=O) groups is 1. The normalized spacial score (nSPS) is 18.8. The zero-order valence-corrected chi connectivity index (χ0v) is 21.4. The highest BCUT2D eigenvalue weighted by atomic mass is 35.5. The molecule has 0 spiro atoms. The molecule has 36 heavy (non-hydrogen) atoms. The molecule has 4 rings (SSSR count). The first-order chi connectivity index (χ1) is 17.1. The average Bonchev–Trinajstić information content (AvgIpc) is 3.49. The third-order valence-electron chi connectivity index (χ3n) is 5.98. The van der Waals surface area contributed by atoms with Gasteiger partial charge in [-0.05, 0) is 48.9 Å². The Morgan fingerprint density at radius 1 is 1.33 bits per heavy atom. The first kappa shape index (κ1) is 26.6. The minimum Gasteiger partial charge on any atom is -0.391 e. The van der Waals surface area contributed by atoms with E-state index in [4.69, 9.17) is 20.9 Å². The lowest BCUT2D eigenvalue weighted by atomic mass is 10.0. The fourth-order valence-electron chi connectivity index (χ4n) is 4.25. The van der Waals surface area contributed by atoms with Crippen LogP contribution < -0.4 is 10.5 Å². The van der Waals surface area contributed by atoms with Crippen molar-refractivity contribution in [2.45, 2.75) is 38.0 Å². The van der Waals surface area contributed by atoms with Crippen molar-refractivity contribution < 1.29 is 27.6 Å². The van der Waals surface area contributed by atoms with Crippen molar-refractivity contribution >= 4 is 44.8 Å². The number of rotatable bonds is 10. The number of nitrogens with one attached hydrogen (secondary N) is 1. The number of hydrogen-bond donors (Lipinski definition) is 4. The Balaban J connectivity index is 1.52. The fourth-order valence-corrected chi connectivity index (χ4v) is 5.84. The van der Waals surface area contributed by atoms with E-state index in [-0.39, 0.29) is 36.5 Å². The van der Waals surface area contributed by atoms with Crippen LogP contribution in [0.4, 0.5) is 5.82 Å². The third-order valence-corrected chi connectivity index (χ3v) is 7.81. The smallest absolute Gasteiger partial charge is 0.333 e. The molecule has 0 radical (unpaired) electrons. The van der Waals surface area contributed by atoms with Gasteiger partial charge in [-0.3, -0.25) is 8.98 Å². The standard InChI is InChI=1S/C23H25ClN4O6S2/c24-15-3-1-2-14(7-15)21(30)17-8-19(35-20(17)10-29)22(31)18-9-26-12-27-23(18)28-16-5-4-13(6-16)11-34-36(25,32)33/h1-3,7-9,12-13,16,21,29-30H,4-6,10-11H2,(H2,25,32,33)(H,26,27,28)/t13-,16?,21?/m1/s1. The number of aromatic nitrogens is 2. The van der Waals surface area contributed by atoms with E-state index < -0.39 is 16.4 Å². The van der Waals surface area contributed by atoms with Gasteiger partial charge in [-0.1, -0.05) is 23.7 Å². The van der Waals surface area contributed by atoms with Crippen molar-refractivity contribution in [2.75, 3.05) is 11.9 Å². The zero-order chi connectivity index (χ0) is 25.9. The summed E-state index contributed by atoms with van der Waals surface area (Å²) < 4.78 is 26.8. The van der Waals surface area contributed by atoms with E-state index in [0.717, 1.165) is 24.2 Å². The highest BCUT2D eigenvalue weighted by molar-refractivity contribution is 7.84. The minimum absolute atomic E-state index is 0.00163. The molecular weight excluding hydrogens is 528 g/mol. The molecule has 192 valence electrons. The van der Waals surface area contributed by atoms with Crippen molar-refractivity contribution in [3.05, 3.63) is 74.3 Å². The van der Waals surface area contributed by atoms with E-state index in [0.29, 0.717) is 38.1 Å². The number of halogens is 1. The minimum atomic E-state index is -3.99. The van der Waals surface area contributed by atoms with Gasteiger partial charge in [0.1, 0.15) is 18.2 Å². The van der Waals surface area contributed by atoms with Crippen LogP contribution in [0.1, 0.15) is 56.6 Å². The zero-order valence-electron chi connectivity index (χ0n) is 19.0. The molecule has 0 saturated heterocycles. The largest absolute Gasteiger partial charge is 0.391 e. The number of carbonyl (C=O) groups excluding carboxylic acids is 1. The van der Waals surface area contributed by atoms with Crippen molar-refractivity contribution in [3.8, 4) is 0 Å². The van der Waals surface area contributed by atoms with Gasteiger partial charge < -0.3 is 15.5 Å². The number of ketones is 1. The Kier molecular flexibility index (Phi) is 8.35. The maximum Gasteiger partial charge on any atom is 0.333 e. The van der Waals surface area contributed by atoms with Crippen LogP contribution in [0, 0.1) is 5.92 Å². The quantitative estimate of drug-likeness (QED) is 0.277. The van der Waals surface area contributed by atoms with Crippen LogP contribution in [0.2, 0.25) is 5.02 Å². The number of benzene rings is 1. The first-order valence-corrected chi connectivity index (χ1v) is 13.8. The summed E-state index contributed by atoms with van der Waals surface area (Å²) >= 11 is 7.14. The summed E-state index contributed by atoms with van der Waals surface area (Å²) in [4.78, 5) is 22.4. The Morgan fingerprint density at radius 2 is 2.14 bits per heavy atom. The van der Waals surface area contributed by atoms with E-state index in [1.807, 2.05) is 0 Å². The van der Waals surface area contributed by atoms with Crippen molar-refractivity contribution in [2.24, 2.45) is 11.1 Å². The number of nitrogens with zero attached hydrogens (tertiary/aromatic N) is 2. The van der Waals surface area contributed by atoms with Gasteiger partial charge in [0.25, 0.3) is 0 Å². The second-order valence-corrected chi connectivity index (χ2v) is 11.3. The molecule has 10 nitrogen and oxygen atoms in total. The second-order valence-electron chi connectivity index (χ2n) is 8.52. The lowest BCUT2D eigenvalue weighted by molar-refractivity contribution is 0.104. The molecule has 3 atom stereocenters. The van der Waals surface area contributed by atoms with Gasteiger partial charge in [-0.15, -0.1) is 11.3 Å². The molecule has 3 aromatic rings. The predicted molar refractivity (Wildman–Crippen MR) is 135 cm³/mol. The molecule has 13 heteroatoms. The van der Waals surface area contributed by atoms with Gasteiger partial charge >= 0.3 is 10.3 Å². The maximum atomic E-state index is 13.4. The van der Waals surface area contributed by atoms with Gasteiger partial charge in [0.2, 0.25) is 5.78 Å². The summed E-state index contributed by atoms with van der Waals surface area (Å²) in [6, 6.07) is 8.27. The summed E-state index contributed by atoms with van der Waals surface area (Å²) in [6.07, 6.45) is 3.77. The summed E-state index contributed by atoms with van der Waals surface area (Å²) in [5.74, 6) is 0.000102. The molecule has 0 aliphatic heterocycles. The predicted octanol–water partition coefficient (Wildman–Crippen LogP) is 2.80. The monoisotopic (exact) mass is 552 g/mol. The van der Waals surface area contributed by atoms with Crippen molar-refractivity contribution in [1.29, 1.82) is 0 Å². The lowest BCUT2D eigenvalue weighted by Crippen LogP contribution is -2.22. The Morgan fingerprint density at radius 3 is 2.86 bits per heavy atom. The molecule has 5 N–H and O–H groups in total. The van der Waals surface area contributed by atoms with Gasteiger partial charge in [0.15, 0.2) is 0 Å². The molecule has 1 fully saturated rings. The summed E-state index contributed by atoms with van der Waals surface area (Å²) in [5, 5.41) is 29.4. The number of aliphatic hydroxyl groups is 2. The summed E-state index contributed by atoms with van der Waals surface area (Å²) in [7, 11) is -3.99. The van der Waals surface area contributed by atoms with E-state index in [2.05, 4.69) is 15.3 Å². The van der Waals surface area contributed by atoms with Gasteiger partial charge in [0.05, 0.1) is 23.7 Å². The molecular formula is C23H25ClN4O6S2. The maximum absolute atomic E-state index is 13.4. The molecule has 2 aromatic heterocycles. The lowest BCUT2D eigenvalue weighted by Gasteiger charge is -2.15. The third kappa shape index (κ3) is 6.45. The highest BCUT2D eigenvalue weighted by Crippen LogP contribution is 2.35. The molecule has 1 aliphatic carbocycles. The molecule has 1 saturated carbocycles. The number of nitrogens with two attached hydrogens (primary N) is 1. The Hall–Kier alpha value is -2.45. The number of hydrogen-bond acceptors (Lipinski definition) is 10. The molecule has 2 unspecified atom stereocenters. The average molecular weight is 553 g/mol. The topological polar surface area (TPSA) is 165 Å². The number of anilines is 1. The van der Waals surface area contributed by atoms with Gasteiger partial charge in [-0.25, -0.2) is 15.1 Å². The van der Waals surface area contributed by atoms with Crippen LogP contribution >= 0.6 is 22.9 Å². The second kappa shape index (κ2) is 11.3. The van der Waals surface area contributed by atoms with Gasteiger partial charge in [-0.2, -0.15) is 8.42 Å². The number of thiophene rings is 1. The Bertz CT molecular complexity index is 1350. The first-order valence-electron chi connectivity index (χ1n) is 11.1. The van der Waals surface area contributed by atoms with Crippen LogP contribution in [0.3, 0.4) is 0 Å². The van der Waals surface area contributed by atoms with Gasteiger partial charge in [0, 0.05) is 27.7 Å². The SMILES string of the molecule is NS(=O)(=O)OC[C@@H]1CCC(Nc2ncncc2C(=O)c2cc(C(O)c3cccc(Cl)c3)c(CO)s2)C1. The molecule has 1 aliphatic rings. The van der Waals surface area contributed by atoms with E-state index in [1.165, 1.54) is 12.5 Å². The van der Waals surface area contributed by atoms with Crippen molar-refractivity contribution in [3.63, 3.8) is 0 Å². The summed E-state index contributed by atoms with van der Waals surface area (Å²) in [5.41, 5.74) is 1.21. The van der Waals surface area contributed by atoms with Crippen LogP contribution in [-0.2, 0) is 21.1 Å². The fraction of sp³-hybridized carbons (Fsp3) is 0.348. The van der Waals surface area contributed by atoms with Crippen LogP contribution in [0.25, 0.3) is 0 Å². The van der Waals surface area contributed by atoms with E-state index in [1.54, 1.807) is 30.3 Å². The van der Waals surface area contributed by atoms with E-state index >= 15 is 0 Å². The van der Waals surface area contributed by atoms with Crippen molar-refractivity contribution in [1.82, 2.24) is 9.97 Å². The highest BCUT2D eigenvalue weighted by Gasteiger charge is 2.28. The summed E-state index contributed by atoms with van der Waals surface area (Å²) in [6.45, 7) is -0.338. The van der Waals surface area contributed by atoms with Crippen LogP contribution in [-0.4, -0.2) is 47.0 Å². The Labute approximate surface area is 217 Å². The molecule has 2 heterocycles. The molecule has 0 bridgehead atoms. The van der Waals surface area contributed by atoms with E-state index in [9.17, 15) is 23.4 Å². The molecule has 0 amide bonds. The van der Waals surface area contributed by atoms with Crippen LogP contribution in [0.5, 0.6) is 0 Å².